The third-order valence-corrected chi connectivity index (χ3v) is 4.16. The van der Waals surface area contributed by atoms with Crippen LogP contribution >= 0.6 is 15.9 Å². The van der Waals surface area contributed by atoms with Gasteiger partial charge in [-0.1, -0.05) is 28.1 Å². The Morgan fingerprint density at radius 2 is 2.05 bits per heavy atom. The summed E-state index contributed by atoms with van der Waals surface area (Å²) in [6, 6.07) is 12.4. The van der Waals surface area contributed by atoms with Crippen molar-refractivity contribution in [2.24, 2.45) is 5.73 Å². The van der Waals surface area contributed by atoms with Crippen molar-refractivity contribution < 1.29 is 9.13 Å². The number of hydrogen-bond acceptors (Lipinski definition) is 3. The largest absolute Gasteiger partial charge is 0.497 e. The van der Waals surface area contributed by atoms with E-state index in [9.17, 15) is 4.39 Å². The maximum atomic E-state index is 13.2. The van der Waals surface area contributed by atoms with Gasteiger partial charge < -0.3 is 15.4 Å². The normalized spacial score (nSPS) is 12.0. The van der Waals surface area contributed by atoms with Crippen LogP contribution in [0, 0.1) is 5.82 Å². The maximum Gasteiger partial charge on any atom is 0.124 e. The van der Waals surface area contributed by atoms with E-state index >= 15 is 0 Å². The fourth-order valence-corrected chi connectivity index (χ4v) is 2.89. The van der Waals surface area contributed by atoms with E-state index < -0.39 is 0 Å². The van der Waals surface area contributed by atoms with Crippen molar-refractivity contribution in [3.63, 3.8) is 0 Å². The number of benzene rings is 2. The molecule has 21 heavy (non-hydrogen) atoms. The van der Waals surface area contributed by atoms with Gasteiger partial charge in [-0.2, -0.15) is 0 Å². The van der Waals surface area contributed by atoms with Crippen molar-refractivity contribution in [1.82, 2.24) is 0 Å². The molecule has 0 aromatic heterocycles. The van der Waals surface area contributed by atoms with Crippen LogP contribution in [0.15, 0.2) is 46.9 Å². The molecule has 0 spiro atoms. The molecule has 1 unspecified atom stereocenters. The molecule has 2 rings (SSSR count). The molecule has 0 fully saturated rings. The monoisotopic (exact) mass is 352 g/mol. The standard InChI is InChI=1S/C16H18BrFN2O/c1-20(12-4-3-5-13(9-12)21-2)16(10-19)14-7-6-11(18)8-15(14)17/h3-9,16H,10,19H2,1-2H3. The van der Waals surface area contributed by atoms with E-state index in [1.807, 2.05) is 31.3 Å². The van der Waals surface area contributed by atoms with Gasteiger partial charge in [0.15, 0.2) is 0 Å². The van der Waals surface area contributed by atoms with Crippen LogP contribution in [0.5, 0.6) is 5.75 Å². The highest BCUT2D eigenvalue weighted by molar-refractivity contribution is 9.10. The molecular formula is C16H18BrFN2O. The Balaban J connectivity index is 2.35. The second kappa shape index (κ2) is 6.91. The summed E-state index contributed by atoms with van der Waals surface area (Å²) >= 11 is 3.41. The third-order valence-electron chi connectivity index (χ3n) is 3.47. The summed E-state index contributed by atoms with van der Waals surface area (Å²) < 4.78 is 19.2. The van der Waals surface area contributed by atoms with Gasteiger partial charge in [-0.05, 0) is 29.8 Å². The van der Waals surface area contributed by atoms with Gasteiger partial charge in [-0.25, -0.2) is 4.39 Å². The first-order chi connectivity index (χ1) is 10.1. The summed E-state index contributed by atoms with van der Waals surface area (Å²) in [6.45, 7) is 0.415. The second-order valence-corrected chi connectivity index (χ2v) is 5.58. The summed E-state index contributed by atoms with van der Waals surface area (Å²) in [5, 5.41) is 0. The predicted molar refractivity (Wildman–Crippen MR) is 87.3 cm³/mol. The van der Waals surface area contributed by atoms with Crippen LogP contribution in [0.2, 0.25) is 0 Å². The van der Waals surface area contributed by atoms with Crippen molar-refractivity contribution in [1.29, 1.82) is 0 Å². The molecule has 1 atom stereocenters. The van der Waals surface area contributed by atoms with E-state index in [1.54, 1.807) is 13.2 Å². The minimum Gasteiger partial charge on any atom is -0.497 e. The number of rotatable bonds is 5. The molecule has 2 aromatic rings. The minimum atomic E-state index is -0.273. The average Bonchev–Trinajstić information content (AvgIpc) is 2.50. The fourth-order valence-electron chi connectivity index (χ4n) is 2.28. The first kappa shape index (κ1) is 15.8. The lowest BCUT2D eigenvalue weighted by atomic mass is 10.0. The van der Waals surface area contributed by atoms with Gasteiger partial charge in [0.2, 0.25) is 0 Å². The molecule has 0 heterocycles. The van der Waals surface area contributed by atoms with Crippen molar-refractivity contribution in [3.05, 3.63) is 58.3 Å². The van der Waals surface area contributed by atoms with Crippen LogP contribution in [0.3, 0.4) is 0 Å². The number of methoxy groups -OCH3 is 1. The van der Waals surface area contributed by atoms with Gasteiger partial charge in [0.05, 0.1) is 13.2 Å². The van der Waals surface area contributed by atoms with E-state index in [4.69, 9.17) is 10.5 Å². The molecule has 5 heteroatoms. The number of nitrogens with zero attached hydrogens (tertiary/aromatic N) is 1. The molecule has 2 N–H and O–H groups in total. The summed E-state index contributed by atoms with van der Waals surface area (Å²) in [5.41, 5.74) is 7.87. The Kier molecular flexibility index (Phi) is 5.20. The quantitative estimate of drug-likeness (QED) is 0.890. The van der Waals surface area contributed by atoms with Gasteiger partial charge in [-0.3, -0.25) is 0 Å². The Bertz CT molecular complexity index is 621. The molecule has 0 radical (unpaired) electrons. The van der Waals surface area contributed by atoms with Crippen molar-refractivity contribution in [3.8, 4) is 5.75 Å². The van der Waals surface area contributed by atoms with Gasteiger partial charge in [0.1, 0.15) is 11.6 Å². The summed E-state index contributed by atoms with van der Waals surface area (Å²) in [4.78, 5) is 2.06. The van der Waals surface area contributed by atoms with Crippen LogP contribution < -0.4 is 15.4 Å². The maximum absolute atomic E-state index is 13.2. The van der Waals surface area contributed by atoms with E-state index in [0.29, 0.717) is 11.0 Å². The molecule has 0 bridgehead atoms. The van der Waals surface area contributed by atoms with Crippen LogP contribution in [0.1, 0.15) is 11.6 Å². The first-order valence-electron chi connectivity index (χ1n) is 6.58. The van der Waals surface area contributed by atoms with Gasteiger partial charge in [-0.15, -0.1) is 0 Å². The molecular weight excluding hydrogens is 335 g/mol. The topological polar surface area (TPSA) is 38.5 Å². The zero-order valence-electron chi connectivity index (χ0n) is 12.0. The molecule has 0 aliphatic carbocycles. The highest BCUT2D eigenvalue weighted by Gasteiger charge is 2.19. The molecule has 0 aliphatic heterocycles. The van der Waals surface area contributed by atoms with E-state index in [-0.39, 0.29) is 11.9 Å². The number of nitrogens with two attached hydrogens (primary N) is 1. The van der Waals surface area contributed by atoms with Crippen molar-refractivity contribution in [2.45, 2.75) is 6.04 Å². The Morgan fingerprint density at radius 1 is 1.29 bits per heavy atom. The summed E-state index contributed by atoms with van der Waals surface area (Å²) in [5.74, 6) is 0.513. The van der Waals surface area contributed by atoms with Gasteiger partial charge in [0.25, 0.3) is 0 Å². The minimum absolute atomic E-state index is 0.0629. The van der Waals surface area contributed by atoms with Crippen molar-refractivity contribution >= 4 is 21.6 Å². The lowest BCUT2D eigenvalue weighted by Crippen LogP contribution is -2.30. The van der Waals surface area contributed by atoms with Gasteiger partial charge >= 0.3 is 0 Å². The van der Waals surface area contributed by atoms with Crippen LogP contribution in [-0.4, -0.2) is 20.7 Å². The number of hydrogen-bond donors (Lipinski definition) is 1. The molecule has 112 valence electrons. The molecule has 2 aromatic carbocycles. The highest BCUT2D eigenvalue weighted by atomic mass is 79.9. The molecule has 0 amide bonds. The summed E-state index contributed by atoms with van der Waals surface area (Å²) in [6.07, 6.45) is 0. The number of likely N-dealkylation sites (N-methyl/N-ethyl adjacent to an activating group) is 1. The SMILES string of the molecule is COc1cccc(N(C)C(CN)c2ccc(F)cc2Br)c1. The third kappa shape index (κ3) is 3.54. The Hall–Kier alpha value is -1.59. The lowest BCUT2D eigenvalue weighted by molar-refractivity contribution is 0.414. The fraction of sp³-hybridized carbons (Fsp3) is 0.250. The zero-order chi connectivity index (χ0) is 15.4. The van der Waals surface area contributed by atoms with E-state index in [2.05, 4.69) is 20.8 Å². The Morgan fingerprint density at radius 3 is 2.67 bits per heavy atom. The van der Waals surface area contributed by atoms with E-state index in [1.165, 1.54) is 12.1 Å². The Labute approximate surface area is 132 Å². The zero-order valence-corrected chi connectivity index (χ0v) is 13.6. The second-order valence-electron chi connectivity index (χ2n) is 4.73. The number of halogens is 2. The number of ether oxygens (including phenoxy) is 1. The average molecular weight is 353 g/mol. The first-order valence-corrected chi connectivity index (χ1v) is 7.38. The van der Waals surface area contributed by atoms with Gasteiger partial charge in [0, 0.05) is 29.8 Å². The smallest absolute Gasteiger partial charge is 0.124 e. The number of anilines is 1. The van der Waals surface area contributed by atoms with Crippen LogP contribution in [-0.2, 0) is 0 Å². The van der Waals surface area contributed by atoms with E-state index in [0.717, 1.165) is 17.0 Å². The predicted octanol–water partition coefficient (Wildman–Crippen LogP) is 3.73. The summed E-state index contributed by atoms with van der Waals surface area (Å²) in [7, 11) is 3.60. The molecule has 0 saturated heterocycles. The molecule has 3 nitrogen and oxygen atoms in total. The highest BCUT2D eigenvalue weighted by Crippen LogP contribution is 2.31. The van der Waals surface area contributed by atoms with Crippen LogP contribution in [0.25, 0.3) is 0 Å². The van der Waals surface area contributed by atoms with Crippen LogP contribution in [0.4, 0.5) is 10.1 Å². The molecule has 0 aliphatic rings. The van der Waals surface area contributed by atoms with Crippen molar-refractivity contribution in [2.75, 3.05) is 25.6 Å². The lowest BCUT2D eigenvalue weighted by Gasteiger charge is -2.30. The molecule has 0 saturated carbocycles.